The Morgan fingerprint density at radius 2 is 2.32 bits per heavy atom. The molecule has 0 radical (unpaired) electrons. The van der Waals surface area contributed by atoms with Gasteiger partial charge in [-0.2, -0.15) is 0 Å². The zero-order valence-electron chi connectivity index (χ0n) is 11.0. The fraction of sp³-hybridized carbons (Fsp3) is 0.417. The second-order valence-electron chi connectivity index (χ2n) is 4.37. The summed E-state index contributed by atoms with van der Waals surface area (Å²) >= 11 is 2.77. The van der Waals surface area contributed by atoms with Gasteiger partial charge in [0.25, 0.3) is 0 Å². The first kappa shape index (κ1) is 14.1. The van der Waals surface area contributed by atoms with Crippen molar-refractivity contribution in [3.05, 3.63) is 28.8 Å². The molecule has 102 valence electrons. The van der Waals surface area contributed by atoms with Crippen molar-refractivity contribution in [2.75, 3.05) is 0 Å². The summed E-state index contributed by atoms with van der Waals surface area (Å²) in [5, 5.41) is 9.00. The Hall–Kier alpha value is -1.34. The van der Waals surface area contributed by atoms with Gasteiger partial charge in [-0.25, -0.2) is 14.8 Å². The quantitative estimate of drug-likeness (QED) is 0.858. The van der Waals surface area contributed by atoms with Gasteiger partial charge in [0.2, 0.25) is 0 Å². The summed E-state index contributed by atoms with van der Waals surface area (Å²) in [5.74, 6) is -0.168. The average molecular weight is 297 g/mol. The van der Waals surface area contributed by atoms with Crippen molar-refractivity contribution in [1.29, 1.82) is 0 Å². The Labute approximate surface area is 119 Å². The van der Waals surface area contributed by atoms with Gasteiger partial charge in [0, 0.05) is 23.7 Å². The van der Waals surface area contributed by atoms with Gasteiger partial charge in [0.05, 0.1) is 12.0 Å². The summed E-state index contributed by atoms with van der Waals surface area (Å²) in [6.07, 6.45) is 3.65. The first-order chi connectivity index (χ1) is 8.99. The van der Waals surface area contributed by atoms with Crippen LogP contribution in [0.25, 0.3) is 0 Å². The van der Waals surface area contributed by atoms with E-state index in [9.17, 15) is 4.79 Å². The van der Waals surface area contributed by atoms with E-state index < -0.39 is 5.97 Å². The molecule has 2 rings (SSSR count). The van der Waals surface area contributed by atoms with E-state index in [2.05, 4.69) is 28.4 Å². The molecule has 2 aromatic heterocycles. The molecule has 2 heterocycles. The van der Waals surface area contributed by atoms with Gasteiger partial charge in [0.1, 0.15) is 4.88 Å². The molecule has 0 fully saturated rings. The molecule has 0 aliphatic rings. The summed E-state index contributed by atoms with van der Waals surface area (Å²) in [5.41, 5.74) is 1.70. The number of carboxylic acids is 1. The molecule has 0 unspecified atom stereocenters. The molecular weight excluding hydrogens is 282 g/mol. The number of nitrogens with zero attached hydrogens (tertiary/aromatic N) is 3. The highest BCUT2D eigenvalue weighted by Gasteiger charge is 2.15. The molecule has 1 N–H and O–H groups in total. The van der Waals surface area contributed by atoms with Gasteiger partial charge in [0.15, 0.2) is 4.34 Å². The van der Waals surface area contributed by atoms with Crippen LogP contribution in [0.1, 0.15) is 40.9 Å². The van der Waals surface area contributed by atoms with E-state index in [-0.39, 0.29) is 0 Å². The molecular formula is C12H15N3O2S2. The lowest BCUT2D eigenvalue weighted by Crippen LogP contribution is -2.02. The average Bonchev–Trinajstić information content (AvgIpc) is 2.92. The number of aromatic nitrogens is 3. The van der Waals surface area contributed by atoms with Crippen LogP contribution in [0.15, 0.2) is 16.9 Å². The number of hydrogen-bond acceptors (Lipinski definition) is 5. The molecule has 2 aromatic rings. The number of aromatic carboxylic acids is 1. The highest BCUT2D eigenvalue weighted by Crippen LogP contribution is 2.30. The van der Waals surface area contributed by atoms with Crippen molar-refractivity contribution < 1.29 is 9.90 Å². The predicted octanol–water partition coefficient (Wildman–Crippen LogP) is 3.22. The van der Waals surface area contributed by atoms with Gasteiger partial charge < -0.3 is 9.67 Å². The zero-order chi connectivity index (χ0) is 14.0. The molecule has 0 aliphatic heterocycles. The van der Waals surface area contributed by atoms with Crippen molar-refractivity contribution in [1.82, 2.24) is 14.5 Å². The molecule has 0 atom stereocenters. The number of rotatable bonds is 5. The minimum absolute atomic E-state index is 0.319. The van der Waals surface area contributed by atoms with E-state index >= 15 is 0 Å². The zero-order valence-corrected chi connectivity index (χ0v) is 12.6. The Morgan fingerprint density at radius 1 is 1.58 bits per heavy atom. The molecule has 19 heavy (non-hydrogen) atoms. The minimum Gasteiger partial charge on any atom is -0.477 e. The summed E-state index contributed by atoms with van der Waals surface area (Å²) < 4.78 is 2.89. The lowest BCUT2D eigenvalue weighted by atomic mass is 10.4. The van der Waals surface area contributed by atoms with Gasteiger partial charge in [-0.3, -0.25) is 0 Å². The van der Waals surface area contributed by atoms with Gasteiger partial charge >= 0.3 is 5.97 Å². The molecule has 7 heteroatoms. The third-order valence-electron chi connectivity index (χ3n) is 2.62. The van der Waals surface area contributed by atoms with Gasteiger partial charge in [-0.15, -0.1) is 11.3 Å². The highest BCUT2D eigenvalue weighted by molar-refractivity contribution is 8.00. The number of aryl methyl sites for hydroxylation is 1. The van der Waals surface area contributed by atoms with Crippen LogP contribution in [0.3, 0.4) is 0 Å². The monoisotopic (exact) mass is 297 g/mol. The SMILES string of the molecule is Cc1nc(SCc2cncn2C(C)C)sc1C(=O)O. The van der Waals surface area contributed by atoms with Crippen LogP contribution in [0.2, 0.25) is 0 Å². The number of imidazole rings is 1. The van der Waals surface area contributed by atoms with E-state index in [4.69, 9.17) is 5.11 Å². The molecule has 5 nitrogen and oxygen atoms in total. The number of thioether (sulfide) groups is 1. The van der Waals surface area contributed by atoms with Crippen LogP contribution >= 0.6 is 23.1 Å². The van der Waals surface area contributed by atoms with E-state index in [1.54, 1.807) is 18.7 Å². The van der Waals surface area contributed by atoms with Gasteiger partial charge in [-0.05, 0) is 20.8 Å². The second kappa shape index (κ2) is 5.75. The van der Waals surface area contributed by atoms with Crippen molar-refractivity contribution in [2.45, 2.75) is 36.9 Å². The summed E-state index contributed by atoms with van der Waals surface area (Å²) in [6.45, 7) is 5.93. The van der Waals surface area contributed by atoms with E-state index in [0.717, 1.165) is 15.8 Å². The third kappa shape index (κ3) is 3.16. The molecule has 0 saturated heterocycles. The number of thiazole rings is 1. The van der Waals surface area contributed by atoms with Crippen molar-refractivity contribution >= 4 is 29.1 Å². The van der Waals surface area contributed by atoms with E-state index in [1.807, 2.05) is 12.5 Å². The van der Waals surface area contributed by atoms with Crippen LogP contribution in [0, 0.1) is 6.92 Å². The fourth-order valence-electron chi connectivity index (χ4n) is 1.68. The van der Waals surface area contributed by atoms with Crippen LogP contribution in [0.5, 0.6) is 0 Å². The van der Waals surface area contributed by atoms with Crippen molar-refractivity contribution in [2.24, 2.45) is 0 Å². The Morgan fingerprint density at radius 3 is 2.89 bits per heavy atom. The lowest BCUT2D eigenvalue weighted by Gasteiger charge is -2.10. The van der Waals surface area contributed by atoms with Crippen LogP contribution < -0.4 is 0 Å². The smallest absolute Gasteiger partial charge is 0.347 e. The topological polar surface area (TPSA) is 68.0 Å². The lowest BCUT2D eigenvalue weighted by molar-refractivity contribution is 0.0701. The molecule has 0 amide bonds. The Bertz CT molecular complexity index is 590. The van der Waals surface area contributed by atoms with Crippen molar-refractivity contribution in [3.63, 3.8) is 0 Å². The normalized spacial score (nSPS) is 11.2. The maximum absolute atomic E-state index is 11.0. The van der Waals surface area contributed by atoms with Gasteiger partial charge in [-0.1, -0.05) is 11.8 Å². The molecule has 0 saturated carbocycles. The molecule has 0 spiro atoms. The predicted molar refractivity (Wildman–Crippen MR) is 76.0 cm³/mol. The largest absolute Gasteiger partial charge is 0.477 e. The first-order valence-electron chi connectivity index (χ1n) is 5.83. The molecule has 0 aromatic carbocycles. The first-order valence-corrected chi connectivity index (χ1v) is 7.63. The van der Waals surface area contributed by atoms with E-state index in [1.165, 1.54) is 11.3 Å². The second-order valence-corrected chi connectivity index (χ2v) is 6.60. The minimum atomic E-state index is -0.908. The fourth-order valence-corrected chi connectivity index (χ4v) is 3.67. The number of hydrogen-bond donors (Lipinski definition) is 1. The number of carbonyl (C=O) groups is 1. The van der Waals surface area contributed by atoms with Crippen molar-refractivity contribution in [3.8, 4) is 0 Å². The molecule has 0 aliphatic carbocycles. The van der Waals surface area contributed by atoms with Crippen LogP contribution in [0.4, 0.5) is 0 Å². The summed E-state index contributed by atoms with van der Waals surface area (Å²) in [4.78, 5) is 19.7. The Kier molecular flexibility index (Phi) is 4.26. The maximum Gasteiger partial charge on any atom is 0.347 e. The third-order valence-corrected chi connectivity index (χ3v) is 4.94. The Balaban J connectivity index is 2.08. The number of carboxylic acid groups (broad SMARTS) is 1. The molecule has 0 bridgehead atoms. The van der Waals surface area contributed by atoms with Crippen LogP contribution in [-0.4, -0.2) is 25.6 Å². The highest BCUT2D eigenvalue weighted by atomic mass is 32.2. The summed E-state index contributed by atoms with van der Waals surface area (Å²) in [6, 6.07) is 0.366. The standard InChI is InChI=1S/C12H15N3O2S2/c1-7(2)15-6-13-4-9(15)5-18-12-14-8(3)10(19-12)11(16)17/h4,6-7H,5H2,1-3H3,(H,16,17). The van der Waals surface area contributed by atoms with Crippen LogP contribution in [-0.2, 0) is 5.75 Å². The maximum atomic E-state index is 11.0. The summed E-state index contributed by atoms with van der Waals surface area (Å²) in [7, 11) is 0. The van der Waals surface area contributed by atoms with E-state index in [0.29, 0.717) is 16.6 Å².